The molecule has 0 aliphatic carbocycles. The van der Waals surface area contributed by atoms with Gasteiger partial charge in [-0.3, -0.25) is 0 Å². The third-order valence-electron chi connectivity index (χ3n) is 1.35. The van der Waals surface area contributed by atoms with Gasteiger partial charge in [0.05, 0.1) is 11.9 Å². The summed E-state index contributed by atoms with van der Waals surface area (Å²) >= 11 is 0. The van der Waals surface area contributed by atoms with E-state index in [0.29, 0.717) is 13.0 Å². The zero-order valence-electron chi connectivity index (χ0n) is 7.33. The molecule has 0 saturated carbocycles. The molecule has 0 aromatic heterocycles. The molecule has 3 nitrogen and oxygen atoms in total. The lowest BCUT2D eigenvalue weighted by Gasteiger charge is -2.09. The van der Waals surface area contributed by atoms with Crippen LogP contribution in [0.2, 0.25) is 0 Å². The van der Waals surface area contributed by atoms with Gasteiger partial charge in [-0.25, -0.2) is 8.42 Å². The van der Waals surface area contributed by atoms with Gasteiger partial charge in [-0.2, -0.15) is 0 Å². The predicted molar refractivity (Wildman–Crippen MR) is 45.4 cm³/mol. The van der Waals surface area contributed by atoms with Gasteiger partial charge in [0, 0.05) is 12.9 Å². The highest BCUT2D eigenvalue weighted by Gasteiger charge is 2.06. The van der Waals surface area contributed by atoms with Gasteiger partial charge in [0.25, 0.3) is 0 Å². The first kappa shape index (κ1) is 10.9. The Balaban J connectivity index is 3.54. The fraction of sp³-hybridized carbons (Fsp3) is 1.00. The molecule has 0 aliphatic heterocycles. The summed E-state index contributed by atoms with van der Waals surface area (Å²) in [6.45, 7) is 4.43. The maximum atomic E-state index is 10.7. The largest absolute Gasteiger partial charge is 0.379 e. The summed E-state index contributed by atoms with van der Waals surface area (Å²) in [5.41, 5.74) is 0. The second-order valence-corrected chi connectivity index (χ2v) is 4.94. The van der Waals surface area contributed by atoms with E-state index in [-0.39, 0.29) is 11.9 Å². The number of ether oxygens (including phenoxy) is 1. The van der Waals surface area contributed by atoms with Gasteiger partial charge in [-0.05, 0) is 20.3 Å². The zero-order chi connectivity index (χ0) is 8.91. The quantitative estimate of drug-likeness (QED) is 0.630. The summed E-state index contributed by atoms with van der Waals surface area (Å²) in [5, 5.41) is 0. The molecule has 0 bridgehead atoms. The van der Waals surface area contributed by atoms with Gasteiger partial charge in [0.2, 0.25) is 0 Å². The summed E-state index contributed by atoms with van der Waals surface area (Å²) in [7, 11) is -2.82. The molecule has 0 fully saturated rings. The highest BCUT2D eigenvalue weighted by atomic mass is 32.2. The molecule has 0 aliphatic rings. The smallest absolute Gasteiger partial charge is 0.147 e. The lowest BCUT2D eigenvalue weighted by Crippen LogP contribution is -2.14. The molecular formula is C7H16O3S. The van der Waals surface area contributed by atoms with E-state index < -0.39 is 9.84 Å². The second kappa shape index (κ2) is 4.72. The monoisotopic (exact) mass is 180 g/mol. The maximum Gasteiger partial charge on any atom is 0.147 e. The molecule has 0 radical (unpaired) electrons. The summed E-state index contributed by atoms with van der Waals surface area (Å²) in [5.74, 6) is 0.216. The topological polar surface area (TPSA) is 43.4 Å². The summed E-state index contributed by atoms with van der Waals surface area (Å²) < 4.78 is 26.5. The van der Waals surface area contributed by atoms with E-state index >= 15 is 0 Å². The Morgan fingerprint density at radius 3 is 2.36 bits per heavy atom. The van der Waals surface area contributed by atoms with Crippen LogP contribution in [0.3, 0.4) is 0 Å². The normalized spacial score (nSPS) is 14.8. The van der Waals surface area contributed by atoms with Crippen LogP contribution < -0.4 is 0 Å². The van der Waals surface area contributed by atoms with Crippen LogP contribution in [0.4, 0.5) is 0 Å². The van der Waals surface area contributed by atoms with E-state index in [1.165, 1.54) is 6.26 Å². The van der Waals surface area contributed by atoms with Crippen molar-refractivity contribution in [2.75, 3.05) is 18.6 Å². The summed E-state index contributed by atoms with van der Waals surface area (Å²) in [6, 6.07) is 0. The van der Waals surface area contributed by atoms with Crippen LogP contribution in [0, 0.1) is 0 Å². The van der Waals surface area contributed by atoms with Crippen molar-refractivity contribution in [1.29, 1.82) is 0 Å². The number of rotatable bonds is 5. The van der Waals surface area contributed by atoms with Gasteiger partial charge < -0.3 is 4.74 Å². The number of sulfone groups is 1. The van der Waals surface area contributed by atoms with Crippen molar-refractivity contribution in [2.45, 2.75) is 26.4 Å². The van der Waals surface area contributed by atoms with E-state index in [4.69, 9.17) is 4.74 Å². The fourth-order valence-electron chi connectivity index (χ4n) is 0.748. The average molecular weight is 180 g/mol. The van der Waals surface area contributed by atoms with Crippen molar-refractivity contribution in [2.24, 2.45) is 0 Å². The lowest BCUT2D eigenvalue weighted by atomic mass is 10.3. The molecule has 4 heteroatoms. The SMILES string of the molecule is CCOC(C)CCS(C)(=O)=O. The van der Waals surface area contributed by atoms with Crippen molar-refractivity contribution in [3.63, 3.8) is 0 Å². The standard InChI is InChI=1S/C7H16O3S/c1-4-10-7(2)5-6-11(3,8)9/h7H,4-6H2,1-3H3. The minimum absolute atomic E-state index is 0.0507. The molecule has 0 aromatic carbocycles. The Bertz CT molecular complexity index is 184. The van der Waals surface area contributed by atoms with Crippen LogP contribution in [0.15, 0.2) is 0 Å². The highest BCUT2D eigenvalue weighted by molar-refractivity contribution is 7.90. The number of hydrogen-bond donors (Lipinski definition) is 0. The van der Waals surface area contributed by atoms with Crippen molar-refractivity contribution < 1.29 is 13.2 Å². The van der Waals surface area contributed by atoms with E-state index in [0.717, 1.165) is 0 Å². The molecule has 0 aromatic rings. The van der Waals surface area contributed by atoms with E-state index in [1.807, 2.05) is 13.8 Å². The summed E-state index contributed by atoms with van der Waals surface area (Å²) in [4.78, 5) is 0. The molecule has 0 N–H and O–H groups in total. The van der Waals surface area contributed by atoms with Crippen LogP contribution in [0.1, 0.15) is 20.3 Å². The molecule has 11 heavy (non-hydrogen) atoms. The van der Waals surface area contributed by atoms with E-state index in [9.17, 15) is 8.42 Å². The zero-order valence-corrected chi connectivity index (χ0v) is 8.15. The Labute approximate surface area is 68.7 Å². The molecule has 1 atom stereocenters. The molecule has 0 heterocycles. The first-order valence-electron chi connectivity index (χ1n) is 3.75. The van der Waals surface area contributed by atoms with Crippen LogP contribution in [0.5, 0.6) is 0 Å². The van der Waals surface area contributed by atoms with Gasteiger partial charge in [0.1, 0.15) is 9.84 Å². The first-order valence-corrected chi connectivity index (χ1v) is 5.81. The van der Waals surface area contributed by atoms with Gasteiger partial charge >= 0.3 is 0 Å². The predicted octanol–water partition coefficient (Wildman–Crippen LogP) is 0.846. The minimum atomic E-state index is -2.82. The average Bonchev–Trinajstić information content (AvgIpc) is 1.83. The second-order valence-electron chi connectivity index (χ2n) is 2.68. The van der Waals surface area contributed by atoms with Gasteiger partial charge in [-0.1, -0.05) is 0 Å². The summed E-state index contributed by atoms with van der Waals surface area (Å²) in [6.07, 6.45) is 1.88. The molecule has 0 amide bonds. The Morgan fingerprint density at radius 2 is 2.00 bits per heavy atom. The lowest BCUT2D eigenvalue weighted by molar-refractivity contribution is 0.0744. The van der Waals surface area contributed by atoms with Crippen LogP contribution in [-0.4, -0.2) is 33.1 Å². The molecule has 0 rings (SSSR count). The molecular weight excluding hydrogens is 164 g/mol. The Hall–Kier alpha value is -0.0900. The molecule has 1 unspecified atom stereocenters. The van der Waals surface area contributed by atoms with Crippen LogP contribution in [0.25, 0.3) is 0 Å². The van der Waals surface area contributed by atoms with Gasteiger partial charge in [0.15, 0.2) is 0 Å². The first-order chi connectivity index (χ1) is 4.95. The van der Waals surface area contributed by atoms with E-state index in [2.05, 4.69) is 0 Å². The van der Waals surface area contributed by atoms with Crippen LogP contribution in [-0.2, 0) is 14.6 Å². The maximum absolute atomic E-state index is 10.7. The van der Waals surface area contributed by atoms with Crippen molar-refractivity contribution in [3.8, 4) is 0 Å². The third-order valence-corrected chi connectivity index (χ3v) is 2.32. The molecule has 68 valence electrons. The Morgan fingerprint density at radius 1 is 1.45 bits per heavy atom. The van der Waals surface area contributed by atoms with Crippen molar-refractivity contribution >= 4 is 9.84 Å². The third kappa shape index (κ3) is 7.81. The molecule has 0 saturated heterocycles. The van der Waals surface area contributed by atoms with E-state index in [1.54, 1.807) is 0 Å². The van der Waals surface area contributed by atoms with Gasteiger partial charge in [-0.15, -0.1) is 0 Å². The number of hydrogen-bond acceptors (Lipinski definition) is 3. The highest BCUT2D eigenvalue weighted by Crippen LogP contribution is 1.99. The fourth-order valence-corrected chi connectivity index (χ4v) is 1.51. The molecule has 0 spiro atoms. The van der Waals surface area contributed by atoms with Crippen molar-refractivity contribution in [3.05, 3.63) is 0 Å². The Kier molecular flexibility index (Phi) is 4.68. The van der Waals surface area contributed by atoms with Crippen LogP contribution >= 0.6 is 0 Å². The minimum Gasteiger partial charge on any atom is -0.379 e. The van der Waals surface area contributed by atoms with Crippen molar-refractivity contribution in [1.82, 2.24) is 0 Å².